The van der Waals surface area contributed by atoms with Crippen LogP contribution in [-0.4, -0.2) is 0 Å². The third kappa shape index (κ3) is 4.01. The fraction of sp³-hybridized carbons (Fsp3) is 0.364. The molecule has 0 spiro atoms. The molecule has 1 unspecified atom stereocenters. The molecule has 3 nitrogen and oxygen atoms in total. The third-order valence-electron chi connectivity index (χ3n) is 4.81. The van der Waals surface area contributed by atoms with Crippen LogP contribution in [0.4, 0.5) is 5.69 Å². The first kappa shape index (κ1) is 18.6. The van der Waals surface area contributed by atoms with Gasteiger partial charge in [-0.1, -0.05) is 58.0 Å². The number of hydrogen-bond donors (Lipinski definition) is 1. The molecule has 25 heavy (non-hydrogen) atoms. The van der Waals surface area contributed by atoms with Crippen LogP contribution in [0.3, 0.4) is 0 Å². The summed E-state index contributed by atoms with van der Waals surface area (Å²) in [7, 11) is 0. The second-order valence-corrected chi connectivity index (χ2v) is 7.63. The lowest BCUT2D eigenvalue weighted by molar-refractivity contribution is 0.229. The Hall–Kier alpha value is -2.78. The summed E-state index contributed by atoms with van der Waals surface area (Å²) in [4.78, 5) is 0. The SMILES string of the molecule is CC(C)C(c1cc(C#N)c(N)c(C#N)c1)C(C)(C)Cc1ccccc1. The van der Waals surface area contributed by atoms with E-state index < -0.39 is 0 Å². The maximum absolute atomic E-state index is 9.38. The standard InChI is InChI=1S/C22H25N3/c1-15(2)20(22(3,4)12-16-8-6-5-7-9-16)17-10-18(13-23)21(25)19(11-17)14-24/h5-11,15,20H,12,25H2,1-4H3. The number of nitrogens with zero attached hydrogens (tertiary/aromatic N) is 2. The van der Waals surface area contributed by atoms with Gasteiger partial charge in [0.25, 0.3) is 0 Å². The van der Waals surface area contributed by atoms with Crippen LogP contribution in [0.15, 0.2) is 42.5 Å². The zero-order valence-corrected chi connectivity index (χ0v) is 15.4. The molecule has 0 aromatic heterocycles. The minimum atomic E-state index is -0.0366. The summed E-state index contributed by atoms with van der Waals surface area (Å²) in [5, 5.41) is 18.8. The van der Waals surface area contributed by atoms with Gasteiger partial charge in [-0.2, -0.15) is 10.5 Å². The topological polar surface area (TPSA) is 73.6 Å². The summed E-state index contributed by atoms with van der Waals surface area (Å²) < 4.78 is 0. The second-order valence-electron chi connectivity index (χ2n) is 7.63. The molecule has 0 aliphatic rings. The molecule has 128 valence electrons. The minimum absolute atomic E-state index is 0.0366. The van der Waals surface area contributed by atoms with Crippen LogP contribution in [-0.2, 0) is 6.42 Å². The van der Waals surface area contributed by atoms with Crippen LogP contribution in [0.25, 0.3) is 0 Å². The van der Waals surface area contributed by atoms with E-state index in [0.717, 1.165) is 12.0 Å². The van der Waals surface area contributed by atoms with Crippen molar-refractivity contribution in [2.45, 2.75) is 40.0 Å². The number of rotatable bonds is 5. The fourth-order valence-corrected chi connectivity index (χ4v) is 4.01. The van der Waals surface area contributed by atoms with E-state index in [-0.39, 0.29) is 17.0 Å². The quantitative estimate of drug-likeness (QED) is 0.782. The Kier molecular flexibility index (Phi) is 5.50. The summed E-state index contributed by atoms with van der Waals surface area (Å²) in [6, 6.07) is 18.4. The highest BCUT2D eigenvalue weighted by molar-refractivity contribution is 5.65. The van der Waals surface area contributed by atoms with Gasteiger partial charge in [0, 0.05) is 0 Å². The van der Waals surface area contributed by atoms with Gasteiger partial charge < -0.3 is 5.73 Å². The van der Waals surface area contributed by atoms with E-state index in [1.807, 2.05) is 18.2 Å². The Morgan fingerprint density at radius 2 is 1.52 bits per heavy atom. The first-order chi connectivity index (χ1) is 11.8. The molecular weight excluding hydrogens is 306 g/mol. The molecule has 0 radical (unpaired) electrons. The monoisotopic (exact) mass is 331 g/mol. The number of hydrogen-bond acceptors (Lipinski definition) is 3. The first-order valence-electron chi connectivity index (χ1n) is 8.57. The van der Waals surface area contributed by atoms with Crippen LogP contribution in [0.5, 0.6) is 0 Å². The van der Waals surface area contributed by atoms with Crippen LogP contribution in [0.1, 0.15) is 55.9 Å². The van der Waals surface area contributed by atoms with Gasteiger partial charge in [0.15, 0.2) is 0 Å². The molecule has 0 bridgehead atoms. The largest absolute Gasteiger partial charge is 0.397 e. The van der Waals surface area contributed by atoms with Crippen molar-refractivity contribution in [3.63, 3.8) is 0 Å². The number of nitriles is 2. The van der Waals surface area contributed by atoms with Crippen LogP contribution >= 0.6 is 0 Å². The fourth-order valence-electron chi connectivity index (χ4n) is 4.01. The minimum Gasteiger partial charge on any atom is -0.397 e. The van der Waals surface area contributed by atoms with E-state index in [0.29, 0.717) is 17.0 Å². The molecule has 1 atom stereocenters. The maximum atomic E-state index is 9.38. The highest BCUT2D eigenvalue weighted by Gasteiger charge is 2.34. The number of anilines is 1. The van der Waals surface area contributed by atoms with Gasteiger partial charge in [-0.25, -0.2) is 0 Å². The molecular formula is C22H25N3. The van der Waals surface area contributed by atoms with Gasteiger partial charge >= 0.3 is 0 Å². The molecule has 2 N–H and O–H groups in total. The predicted octanol–water partition coefficient (Wildman–Crippen LogP) is 5.02. The van der Waals surface area contributed by atoms with Gasteiger partial charge in [0.1, 0.15) is 12.1 Å². The molecule has 0 saturated carbocycles. The smallest absolute Gasteiger partial charge is 0.101 e. The van der Waals surface area contributed by atoms with E-state index in [1.54, 1.807) is 0 Å². The van der Waals surface area contributed by atoms with Gasteiger partial charge in [0.2, 0.25) is 0 Å². The molecule has 3 heteroatoms. The molecule has 0 amide bonds. The molecule has 0 saturated heterocycles. The van der Waals surface area contributed by atoms with E-state index in [1.165, 1.54) is 5.56 Å². The van der Waals surface area contributed by atoms with Gasteiger partial charge in [-0.05, 0) is 46.9 Å². The lowest BCUT2D eigenvalue weighted by Gasteiger charge is -2.38. The van der Waals surface area contributed by atoms with Gasteiger partial charge in [0.05, 0.1) is 16.8 Å². The van der Waals surface area contributed by atoms with Crippen molar-refractivity contribution in [1.29, 1.82) is 10.5 Å². The average molecular weight is 331 g/mol. The molecule has 2 rings (SSSR count). The first-order valence-corrected chi connectivity index (χ1v) is 8.57. The van der Waals surface area contributed by atoms with Gasteiger partial charge in [-0.15, -0.1) is 0 Å². The highest BCUT2D eigenvalue weighted by atomic mass is 14.6. The lowest BCUT2D eigenvalue weighted by atomic mass is 9.66. The Balaban J connectivity index is 2.51. The summed E-state index contributed by atoms with van der Waals surface area (Å²) in [5.41, 5.74) is 9.24. The van der Waals surface area contributed by atoms with Crippen molar-refractivity contribution < 1.29 is 0 Å². The van der Waals surface area contributed by atoms with E-state index in [2.05, 4.69) is 64.1 Å². The molecule has 0 fully saturated rings. The Labute approximate surface area is 150 Å². The van der Waals surface area contributed by atoms with Crippen LogP contribution < -0.4 is 5.73 Å². The average Bonchev–Trinajstić information content (AvgIpc) is 2.56. The summed E-state index contributed by atoms with van der Waals surface area (Å²) in [6.45, 7) is 8.87. The molecule has 0 heterocycles. The summed E-state index contributed by atoms with van der Waals surface area (Å²) >= 11 is 0. The Morgan fingerprint density at radius 1 is 1.00 bits per heavy atom. The van der Waals surface area contributed by atoms with E-state index in [9.17, 15) is 10.5 Å². The van der Waals surface area contributed by atoms with Crippen molar-refractivity contribution in [3.8, 4) is 12.1 Å². The lowest BCUT2D eigenvalue weighted by Crippen LogP contribution is -2.29. The highest BCUT2D eigenvalue weighted by Crippen LogP contribution is 2.44. The predicted molar refractivity (Wildman–Crippen MR) is 102 cm³/mol. The van der Waals surface area contributed by atoms with Crippen molar-refractivity contribution in [3.05, 3.63) is 64.7 Å². The zero-order valence-electron chi connectivity index (χ0n) is 15.4. The van der Waals surface area contributed by atoms with Crippen LogP contribution in [0.2, 0.25) is 0 Å². The van der Waals surface area contributed by atoms with Crippen molar-refractivity contribution in [2.24, 2.45) is 11.3 Å². The number of benzene rings is 2. The van der Waals surface area contributed by atoms with E-state index >= 15 is 0 Å². The Bertz CT molecular complexity index is 786. The third-order valence-corrected chi connectivity index (χ3v) is 4.81. The summed E-state index contributed by atoms with van der Waals surface area (Å²) in [5.74, 6) is 0.563. The normalized spacial score (nSPS) is 12.4. The van der Waals surface area contributed by atoms with Gasteiger partial charge in [-0.3, -0.25) is 0 Å². The van der Waals surface area contributed by atoms with Crippen molar-refractivity contribution in [2.75, 3.05) is 5.73 Å². The van der Waals surface area contributed by atoms with Crippen LogP contribution in [0, 0.1) is 34.0 Å². The molecule has 0 aliphatic heterocycles. The maximum Gasteiger partial charge on any atom is 0.101 e. The summed E-state index contributed by atoms with van der Waals surface area (Å²) in [6.07, 6.45) is 0.921. The molecule has 2 aromatic rings. The molecule has 2 aromatic carbocycles. The second kappa shape index (κ2) is 7.41. The molecule has 0 aliphatic carbocycles. The number of nitrogen functional groups attached to an aromatic ring is 1. The van der Waals surface area contributed by atoms with Crippen molar-refractivity contribution >= 4 is 5.69 Å². The number of nitrogens with two attached hydrogens (primary N) is 1. The van der Waals surface area contributed by atoms with Crippen molar-refractivity contribution in [1.82, 2.24) is 0 Å². The Morgan fingerprint density at radius 3 is 1.96 bits per heavy atom. The van der Waals surface area contributed by atoms with E-state index in [4.69, 9.17) is 5.73 Å². The zero-order chi connectivity index (χ0) is 18.6.